The fourth-order valence-corrected chi connectivity index (χ4v) is 1.24. The molecular formula is C16H14O2Y-2. The molecule has 1 radical (unpaired) electrons. The van der Waals surface area contributed by atoms with Crippen molar-refractivity contribution in [3.8, 4) is 0 Å². The smallest absolute Gasteiger partial charge is 0.135 e. The van der Waals surface area contributed by atoms with Gasteiger partial charge >= 0.3 is 0 Å². The van der Waals surface area contributed by atoms with E-state index in [1.165, 1.54) is 0 Å². The summed E-state index contributed by atoms with van der Waals surface area (Å²) in [6.07, 6.45) is 0. The molecule has 0 N–H and O–H groups in total. The first-order valence-corrected chi connectivity index (χ1v) is 5.55. The second-order valence-electron chi connectivity index (χ2n) is 3.69. The third kappa shape index (κ3) is 7.14. The second-order valence-corrected chi connectivity index (χ2v) is 3.69. The number of Topliss-reactive ketones (excluding diaryl/α,β-unsaturated/α-hetero) is 2. The van der Waals surface area contributed by atoms with Crippen LogP contribution >= 0.6 is 0 Å². The second kappa shape index (κ2) is 9.77. The zero-order valence-electron chi connectivity index (χ0n) is 11.0. The van der Waals surface area contributed by atoms with Gasteiger partial charge in [-0.25, -0.2) is 0 Å². The molecule has 0 aliphatic rings. The Kier molecular flexibility index (Phi) is 9.19. The first-order valence-electron chi connectivity index (χ1n) is 5.55. The number of rotatable bonds is 2. The van der Waals surface area contributed by atoms with Crippen LogP contribution in [0.4, 0.5) is 0 Å². The molecule has 95 valence electrons. The van der Waals surface area contributed by atoms with Crippen molar-refractivity contribution in [3.05, 3.63) is 71.8 Å². The summed E-state index contributed by atoms with van der Waals surface area (Å²) in [5.41, 5.74) is 1.49. The molecule has 2 nitrogen and oxygen atoms in total. The SMILES string of the molecule is CC(=O)c1cc[c-]cc1.CC(=O)c1cc[c-]cc1.[Y]. The van der Waals surface area contributed by atoms with E-state index in [1.807, 2.05) is 0 Å². The fraction of sp³-hybridized carbons (Fsp3) is 0.125. The first kappa shape index (κ1) is 17.9. The maximum absolute atomic E-state index is 10.6. The normalized spacial score (nSPS) is 8.53. The van der Waals surface area contributed by atoms with Gasteiger partial charge in [-0.05, 0) is 13.8 Å². The average Bonchev–Trinajstić information content (AvgIpc) is 2.41. The van der Waals surface area contributed by atoms with Crippen molar-refractivity contribution in [2.45, 2.75) is 13.8 Å². The van der Waals surface area contributed by atoms with Crippen molar-refractivity contribution < 1.29 is 42.3 Å². The van der Waals surface area contributed by atoms with Gasteiger partial charge in [0.15, 0.2) is 0 Å². The van der Waals surface area contributed by atoms with E-state index in [4.69, 9.17) is 0 Å². The Balaban J connectivity index is 0.000000324. The van der Waals surface area contributed by atoms with Gasteiger partial charge in [0.1, 0.15) is 11.6 Å². The predicted octanol–water partition coefficient (Wildman–Crippen LogP) is 3.38. The monoisotopic (exact) mass is 327 g/mol. The van der Waals surface area contributed by atoms with Gasteiger partial charge in [0, 0.05) is 32.7 Å². The molecule has 19 heavy (non-hydrogen) atoms. The van der Waals surface area contributed by atoms with E-state index in [2.05, 4.69) is 12.1 Å². The van der Waals surface area contributed by atoms with Gasteiger partial charge in [0.25, 0.3) is 0 Å². The van der Waals surface area contributed by atoms with Crippen LogP contribution in [-0.4, -0.2) is 11.6 Å². The molecule has 0 saturated heterocycles. The molecule has 2 aromatic carbocycles. The minimum Gasteiger partial charge on any atom is -0.297 e. The van der Waals surface area contributed by atoms with Crippen LogP contribution in [-0.2, 0) is 32.7 Å². The summed E-state index contributed by atoms with van der Waals surface area (Å²) in [6.45, 7) is 3.10. The van der Waals surface area contributed by atoms with E-state index in [0.717, 1.165) is 11.1 Å². The molecule has 0 amide bonds. The molecule has 0 aromatic heterocycles. The van der Waals surface area contributed by atoms with Gasteiger partial charge in [-0.2, -0.15) is 60.7 Å². The van der Waals surface area contributed by atoms with E-state index in [-0.39, 0.29) is 44.3 Å². The Morgan fingerprint density at radius 1 is 0.737 bits per heavy atom. The van der Waals surface area contributed by atoms with Crippen LogP contribution < -0.4 is 0 Å². The van der Waals surface area contributed by atoms with Crippen molar-refractivity contribution in [1.29, 1.82) is 0 Å². The Morgan fingerprint density at radius 2 is 1.00 bits per heavy atom. The number of benzene rings is 2. The molecule has 0 bridgehead atoms. The molecule has 0 aliphatic heterocycles. The summed E-state index contributed by atoms with van der Waals surface area (Å²) >= 11 is 0. The topological polar surface area (TPSA) is 34.1 Å². The Morgan fingerprint density at radius 3 is 1.16 bits per heavy atom. The van der Waals surface area contributed by atoms with Crippen molar-refractivity contribution in [1.82, 2.24) is 0 Å². The molecular weight excluding hydrogens is 313 g/mol. The molecule has 0 fully saturated rings. The molecule has 2 rings (SSSR count). The average molecular weight is 327 g/mol. The standard InChI is InChI=1S/2C8H7O.Y/c2*1-7(9)8-5-3-2-4-6-8;/h2*3-6H,1H3;/q2*-1;. The van der Waals surface area contributed by atoms with E-state index in [0.29, 0.717) is 0 Å². The number of carbonyl (C=O) groups is 2. The minimum absolute atomic E-state index is 0. The molecule has 0 saturated carbocycles. The maximum atomic E-state index is 10.6. The summed E-state index contributed by atoms with van der Waals surface area (Å²) in [6, 6.07) is 19.6. The van der Waals surface area contributed by atoms with Gasteiger partial charge in [0.2, 0.25) is 0 Å². The van der Waals surface area contributed by atoms with Crippen LogP contribution in [0.1, 0.15) is 34.6 Å². The van der Waals surface area contributed by atoms with Crippen molar-refractivity contribution in [2.75, 3.05) is 0 Å². The van der Waals surface area contributed by atoms with Crippen molar-refractivity contribution in [3.63, 3.8) is 0 Å². The van der Waals surface area contributed by atoms with Crippen LogP contribution in [0.5, 0.6) is 0 Å². The summed E-state index contributed by atoms with van der Waals surface area (Å²) < 4.78 is 0. The van der Waals surface area contributed by atoms with Gasteiger partial charge < -0.3 is 0 Å². The number of hydrogen-bond acceptors (Lipinski definition) is 2. The van der Waals surface area contributed by atoms with E-state index >= 15 is 0 Å². The Hall–Kier alpha value is -1.12. The van der Waals surface area contributed by atoms with Gasteiger partial charge in [-0.15, -0.1) is 0 Å². The summed E-state index contributed by atoms with van der Waals surface area (Å²) in [7, 11) is 0. The van der Waals surface area contributed by atoms with E-state index < -0.39 is 0 Å². The third-order valence-electron chi connectivity index (χ3n) is 2.25. The molecule has 0 aliphatic carbocycles. The Bertz CT molecular complexity index is 457. The number of hydrogen-bond donors (Lipinski definition) is 0. The zero-order valence-corrected chi connectivity index (χ0v) is 13.9. The van der Waals surface area contributed by atoms with Crippen LogP contribution in [0.15, 0.2) is 48.5 Å². The van der Waals surface area contributed by atoms with Crippen molar-refractivity contribution >= 4 is 11.6 Å². The van der Waals surface area contributed by atoms with Gasteiger partial charge in [0.05, 0.1) is 0 Å². The summed E-state index contributed by atoms with van der Waals surface area (Å²) in [4.78, 5) is 21.3. The molecule has 0 spiro atoms. The zero-order chi connectivity index (χ0) is 13.4. The molecule has 0 atom stereocenters. The Labute approximate surface area is 139 Å². The first-order chi connectivity index (χ1) is 8.61. The van der Waals surface area contributed by atoms with Crippen LogP contribution in [0.2, 0.25) is 0 Å². The van der Waals surface area contributed by atoms with Gasteiger partial charge in [-0.1, -0.05) is 11.1 Å². The molecule has 2 aromatic rings. The fourth-order valence-electron chi connectivity index (χ4n) is 1.24. The van der Waals surface area contributed by atoms with Gasteiger partial charge in [-0.3, -0.25) is 9.59 Å². The minimum atomic E-state index is 0. The summed E-state index contributed by atoms with van der Waals surface area (Å²) in [5.74, 6) is 0.202. The molecule has 3 heteroatoms. The van der Waals surface area contributed by atoms with Crippen molar-refractivity contribution in [2.24, 2.45) is 0 Å². The quantitative estimate of drug-likeness (QED) is 0.626. The van der Waals surface area contributed by atoms with E-state index in [1.54, 1.807) is 62.4 Å². The summed E-state index contributed by atoms with van der Waals surface area (Å²) in [5, 5.41) is 0. The number of carbonyl (C=O) groups excluding carboxylic acids is 2. The van der Waals surface area contributed by atoms with Crippen LogP contribution in [0.3, 0.4) is 0 Å². The number of ketones is 2. The maximum Gasteiger partial charge on any atom is 0.135 e. The third-order valence-corrected chi connectivity index (χ3v) is 2.25. The van der Waals surface area contributed by atoms with Crippen LogP contribution in [0, 0.1) is 12.1 Å². The predicted molar refractivity (Wildman–Crippen MR) is 70.6 cm³/mol. The molecule has 0 unspecified atom stereocenters. The largest absolute Gasteiger partial charge is 0.297 e. The molecule has 0 heterocycles. The van der Waals surface area contributed by atoms with E-state index in [9.17, 15) is 9.59 Å². The van der Waals surface area contributed by atoms with Crippen LogP contribution in [0.25, 0.3) is 0 Å².